The van der Waals surface area contributed by atoms with Gasteiger partial charge in [-0.3, -0.25) is 14.8 Å². The van der Waals surface area contributed by atoms with Crippen LogP contribution in [0.3, 0.4) is 0 Å². The monoisotopic (exact) mass is 478 g/mol. The second-order valence-corrected chi connectivity index (χ2v) is 8.86. The van der Waals surface area contributed by atoms with Gasteiger partial charge in [-0.15, -0.1) is 0 Å². The number of nitrogens with zero attached hydrogens (tertiary/aromatic N) is 3. The van der Waals surface area contributed by atoms with Crippen LogP contribution in [0.1, 0.15) is 23.7 Å². The van der Waals surface area contributed by atoms with E-state index >= 15 is 0 Å². The minimum atomic E-state index is -0.737. The molecule has 3 aromatic heterocycles. The number of halogens is 2. The van der Waals surface area contributed by atoms with Crippen LogP contribution in [0.5, 0.6) is 0 Å². The number of aromatic nitrogens is 2. The third kappa shape index (κ3) is 4.28. The molecule has 1 amide bonds. The second kappa shape index (κ2) is 8.95. The fourth-order valence-corrected chi connectivity index (χ4v) is 4.67. The summed E-state index contributed by atoms with van der Waals surface area (Å²) in [6, 6.07) is 6.84. The zero-order valence-corrected chi connectivity index (χ0v) is 19.0. The van der Waals surface area contributed by atoms with Crippen molar-refractivity contribution in [3.05, 3.63) is 66.1 Å². The topological polar surface area (TPSA) is 123 Å². The summed E-state index contributed by atoms with van der Waals surface area (Å²) in [5.41, 5.74) is 13.8. The highest BCUT2D eigenvalue weighted by molar-refractivity contribution is 6.15. The number of amides is 1. The second-order valence-electron chi connectivity index (χ2n) is 8.86. The van der Waals surface area contributed by atoms with E-state index in [0.717, 1.165) is 30.8 Å². The van der Waals surface area contributed by atoms with E-state index < -0.39 is 17.5 Å². The van der Waals surface area contributed by atoms with Crippen molar-refractivity contribution in [1.29, 1.82) is 0 Å². The number of nitrogen functional groups attached to an aromatic ring is 1. The largest absolute Gasteiger partial charge is 0.438 e. The molecule has 0 aliphatic carbocycles. The number of pyridine rings is 2. The van der Waals surface area contributed by atoms with Crippen molar-refractivity contribution in [2.75, 3.05) is 29.0 Å². The number of rotatable bonds is 4. The Labute approximate surface area is 199 Å². The first-order valence-electron chi connectivity index (χ1n) is 11.2. The summed E-state index contributed by atoms with van der Waals surface area (Å²) in [4.78, 5) is 23.8. The van der Waals surface area contributed by atoms with Gasteiger partial charge in [0, 0.05) is 37.1 Å². The first-order valence-corrected chi connectivity index (χ1v) is 11.2. The SMILES string of the molecule is CC1CC(N)CN(c2ccncc2NC(=O)c2c(N)oc3cc(-c4c(F)cccc4F)cnc23)C1. The van der Waals surface area contributed by atoms with Crippen LogP contribution in [0.25, 0.3) is 22.2 Å². The highest BCUT2D eigenvalue weighted by Gasteiger charge is 2.26. The van der Waals surface area contributed by atoms with Gasteiger partial charge in [0.25, 0.3) is 5.91 Å². The average Bonchev–Trinajstić information content (AvgIpc) is 3.13. The first-order chi connectivity index (χ1) is 16.8. The number of piperidine rings is 1. The molecule has 1 fully saturated rings. The fourth-order valence-electron chi connectivity index (χ4n) is 4.67. The van der Waals surface area contributed by atoms with E-state index in [1.165, 1.54) is 18.3 Å². The highest BCUT2D eigenvalue weighted by atomic mass is 19.1. The number of furan rings is 1. The van der Waals surface area contributed by atoms with Gasteiger partial charge in [-0.1, -0.05) is 13.0 Å². The Morgan fingerprint density at radius 3 is 2.71 bits per heavy atom. The summed E-state index contributed by atoms with van der Waals surface area (Å²) in [7, 11) is 0. The van der Waals surface area contributed by atoms with Gasteiger partial charge in [0.1, 0.15) is 22.7 Å². The average molecular weight is 479 g/mol. The smallest absolute Gasteiger partial charge is 0.263 e. The summed E-state index contributed by atoms with van der Waals surface area (Å²) in [6.07, 6.45) is 5.43. The zero-order chi connectivity index (χ0) is 24.7. The molecule has 35 heavy (non-hydrogen) atoms. The molecule has 0 bridgehead atoms. The Morgan fingerprint density at radius 2 is 1.97 bits per heavy atom. The van der Waals surface area contributed by atoms with Crippen LogP contribution in [0, 0.1) is 17.6 Å². The Hall–Kier alpha value is -4.05. The number of benzene rings is 1. The number of hydrogen-bond acceptors (Lipinski definition) is 7. The molecule has 4 aromatic rings. The Balaban J connectivity index is 1.47. The van der Waals surface area contributed by atoms with E-state index in [-0.39, 0.29) is 39.7 Å². The van der Waals surface area contributed by atoms with Crippen LogP contribution in [0.2, 0.25) is 0 Å². The van der Waals surface area contributed by atoms with Crippen LogP contribution in [-0.2, 0) is 0 Å². The van der Waals surface area contributed by atoms with Gasteiger partial charge in [0.05, 0.1) is 23.1 Å². The van der Waals surface area contributed by atoms with Crippen molar-refractivity contribution in [1.82, 2.24) is 9.97 Å². The van der Waals surface area contributed by atoms with Crippen molar-refractivity contribution < 1.29 is 18.0 Å². The molecule has 8 nitrogen and oxygen atoms in total. The molecule has 0 spiro atoms. The molecule has 180 valence electrons. The predicted octanol–water partition coefficient (Wildman–Crippen LogP) is 4.18. The van der Waals surface area contributed by atoms with Crippen LogP contribution >= 0.6 is 0 Å². The molecule has 10 heteroatoms. The van der Waals surface area contributed by atoms with Gasteiger partial charge in [-0.05, 0) is 36.6 Å². The van der Waals surface area contributed by atoms with E-state index in [1.807, 2.05) is 6.07 Å². The predicted molar refractivity (Wildman–Crippen MR) is 130 cm³/mol. The molecule has 5 rings (SSSR count). The number of carbonyl (C=O) groups is 1. The van der Waals surface area contributed by atoms with Crippen LogP contribution < -0.4 is 21.7 Å². The van der Waals surface area contributed by atoms with Crippen molar-refractivity contribution in [2.24, 2.45) is 11.7 Å². The molecule has 1 aliphatic heterocycles. The van der Waals surface area contributed by atoms with Gasteiger partial charge >= 0.3 is 0 Å². The van der Waals surface area contributed by atoms with Crippen LogP contribution in [0.15, 0.2) is 53.3 Å². The van der Waals surface area contributed by atoms with Crippen molar-refractivity contribution >= 4 is 34.3 Å². The van der Waals surface area contributed by atoms with E-state index in [2.05, 4.69) is 27.1 Å². The van der Waals surface area contributed by atoms with Gasteiger partial charge < -0.3 is 26.1 Å². The van der Waals surface area contributed by atoms with Crippen LogP contribution in [-0.4, -0.2) is 35.0 Å². The molecule has 1 aliphatic rings. The van der Waals surface area contributed by atoms with Crippen LogP contribution in [0.4, 0.5) is 26.0 Å². The Kier molecular flexibility index (Phi) is 5.81. The number of hydrogen-bond donors (Lipinski definition) is 3. The molecule has 2 unspecified atom stereocenters. The molecular weight excluding hydrogens is 454 g/mol. The number of anilines is 3. The van der Waals surface area contributed by atoms with Gasteiger partial charge in [-0.2, -0.15) is 0 Å². The molecule has 5 N–H and O–H groups in total. The summed E-state index contributed by atoms with van der Waals surface area (Å²) in [6.45, 7) is 3.59. The van der Waals surface area contributed by atoms with E-state index in [4.69, 9.17) is 15.9 Å². The maximum absolute atomic E-state index is 14.2. The fraction of sp³-hybridized carbons (Fsp3) is 0.240. The Morgan fingerprint density at radius 1 is 1.20 bits per heavy atom. The number of fused-ring (bicyclic) bond motifs is 1. The lowest BCUT2D eigenvalue weighted by Gasteiger charge is -2.37. The lowest BCUT2D eigenvalue weighted by molar-refractivity contribution is 0.102. The summed E-state index contributed by atoms with van der Waals surface area (Å²) >= 11 is 0. The molecule has 0 radical (unpaired) electrons. The minimum absolute atomic E-state index is 0.0269. The zero-order valence-electron chi connectivity index (χ0n) is 19.0. The lowest BCUT2D eigenvalue weighted by atomic mass is 9.96. The molecular formula is C25H24F2N6O2. The van der Waals surface area contributed by atoms with Crippen molar-refractivity contribution in [2.45, 2.75) is 19.4 Å². The number of nitrogens with one attached hydrogen (secondary N) is 1. The molecule has 4 heterocycles. The lowest BCUT2D eigenvalue weighted by Crippen LogP contribution is -2.46. The Bertz CT molecular complexity index is 1390. The van der Waals surface area contributed by atoms with Crippen molar-refractivity contribution in [3.63, 3.8) is 0 Å². The minimum Gasteiger partial charge on any atom is -0.438 e. The highest BCUT2D eigenvalue weighted by Crippen LogP contribution is 2.34. The summed E-state index contributed by atoms with van der Waals surface area (Å²) < 4.78 is 34.0. The van der Waals surface area contributed by atoms with Gasteiger partial charge in [-0.25, -0.2) is 8.78 Å². The van der Waals surface area contributed by atoms with E-state index in [1.54, 1.807) is 12.4 Å². The van der Waals surface area contributed by atoms with E-state index in [0.29, 0.717) is 18.2 Å². The molecule has 0 saturated carbocycles. The molecule has 1 saturated heterocycles. The maximum atomic E-state index is 14.2. The van der Waals surface area contributed by atoms with Crippen molar-refractivity contribution in [3.8, 4) is 11.1 Å². The summed E-state index contributed by atoms with van der Waals surface area (Å²) in [5, 5.41) is 2.85. The molecule has 1 aromatic carbocycles. The normalized spacial score (nSPS) is 18.1. The number of nitrogens with two attached hydrogens (primary N) is 2. The van der Waals surface area contributed by atoms with Gasteiger partial charge in [0.15, 0.2) is 5.58 Å². The van der Waals surface area contributed by atoms with Gasteiger partial charge in [0.2, 0.25) is 5.88 Å². The first kappa shape index (κ1) is 22.7. The van der Waals surface area contributed by atoms with E-state index in [9.17, 15) is 13.6 Å². The third-order valence-corrected chi connectivity index (χ3v) is 6.11. The number of carbonyl (C=O) groups excluding carboxylic acids is 1. The third-order valence-electron chi connectivity index (χ3n) is 6.11. The summed E-state index contributed by atoms with van der Waals surface area (Å²) in [5.74, 6) is -1.77. The molecule has 2 atom stereocenters. The maximum Gasteiger partial charge on any atom is 0.263 e. The quantitative estimate of drug-likeness (QED) is 0.402. The standard InChI is InChI=1S/C25H24F2N6O2/c1-13-7-15(28)12-33(11-13)19-5-6-30-10-18(19)32-25(34)22-23-20(35-24(22)29)8-14(9-31-23)21-16(26)3-2-4-17(21)27/h2-6,8-10,13,15H,7,11-12,28-29H2,1H3,(H,32,34).